The molecule has 3 aromatic rings. The molecule has 1 aliphatic rings. The van der Waals surface area contributed by atoms with E-state index in [0.29, 0.717) is 33.5 Å². The molecule has 6 nitrogen and oxygen atoms in total. The van der Waals surface area contributed by atoms with Gasteiger partial charge in [0.25, 0.3) is 11.8 Å². The van der Waals surface area contributed by atoms with E-state index in [4.69, 9.17) is 27.9 Å². The lowest BCUT2D eigenvalue weighted by molar-refractivity contribution is -0.131. The topological polar surface area (TPSA) is 71.0 Å². The number of benzene rings is 3. The Morgan fingerprint density at radius 2 is 1.67 bits per heavy atom. The van der Waals surface area contributed by atoms with Crippen LogP contribution in [0.5, 0.6) is 5.75 Å². The minimum absolute atomic E-state index is 0.226. The molecule has 1 heterocycles. The number of rotatable bonds is 6. The number of hydrogen-bond donors (Lipinski definition) is 1. The number of halogens is 2. The monoisotopic (exact) mass is 481 g/mol. The Morgan fingerprint density at radius 1 is 1.00 bits per heavy atom. The molecule has 1 aliphatic heterocycles. The molecule has 0 unspecified atom stereocenters. The average Bonchev–Trinajstić information content (AvgIpc) is 3.28. The highest BCUT2D eigenvalue weighted by Crippen LogP contribution is 2.35. The SMILES string of the molecule is COc1ccc([C@H]2CC(c3ccccc3Cl)=NN2C(=O)CNC(=O)c2ccccc2Cl)cc1. The number of amides is 2. The zero-order valence-electron chi connectivity index (χ0n) is 17.8. The molecule has 0 saturated heterocycles. The summed E-state index contributed by atoms with van der Waals surface area (Å²) in [5.74, 6) is -0.0587. The molecule has 0 aliphatic carbocycles. The molecule has 2 amide bonds. The molecule has 8 heteroatoms. The molecule has 1 atom stereocenters. The predicted octanol–water partition coefficient (Wildman–Crippen LogP) is 5.11. The molecule has 0 aromatic heterocycles. The van der Waals surface area contributed by atoms with Crippen LogP contribution in [0.1, 0.15) is 33.9 Å². The van der Waals surface area contributed by atoms with Crippen LogP contribution in [0.15, 0.2) is 77.9 Å². The van der Waals surface area contributed by atoms with Crippen LogP contribution in [0.25, 0.3) is 0 Å². The normalized spacial score (nSPS) is 15.2. The van der Waals surface area contributed by atoms with Crippen molar-refractivity contribution < 1.29 is 14.3 Å². The van der Waals surface area contributed by atoms with E-state index in [9.17, 15) is 9.59 Å². The van der Waals surface area contributed by atoms with Crippen molar-refractivity contribution in [1.82, 2.24) is 10.3 Å². The van der Waals surface area contributed by atoms with Crippen molar-refractivity contribution in [3.05, 3.63) is 99.5 Å². The van der Waals surface area contributed by atoms with Crippen LogP contribution in [0.4, 0.5) is 0 Å². The summed E-state index contributed by atoms with van der Waals surface area (Å²) in [5, 5.41) is 9.53. The summed E-state index contributed by atoms with van der Waals surface area (Å²) in [7, 11) is 1.60. The van der Waals surface area contributed by atoms with Gasteiger partial charge in [0.2, 0.25) is 0 Å². The number of carbonyl (C=O) groups excluding carboxylic acids is 2. The third kappa shape index (κ3) is 5.02. The van der Waals surface area contributed by atoms with Crippen molar-refractivity contribution in [2.45, 2.75) is 12.5 Å². The van der Waals surface area contributed by atoms with E-state index in [1.807, 2.05) is 42.5 Å². The van der Waals surface area contributed by atoms with Gasteiger partial charge in [0.1, 0.15) is 5.75 Å². The zero-order chi connectivity index (χ0) is 23.4. The summed E-state index contributed by atoms with van der Waals surface area (Å²) in [6.45, 7) is -0.226. The Balaban J connectivity index is 1.57. The summed E-state index contributed by atoms with van der Waals surface area (Å²) in [6.07, 6.45) is 0.486. The third-order valence-electron chi connectivity index (χ3n) is 5.37. The van der Waals surface area contributed by atoms with Gasteiger partial charge in [-0.15, -0.1) is 0 Å². The van der Waals surface area contributed by atoms with E-state index < -0.39 is 5.91 Å². The molecule has 0 spiro atoms. The molecule has 0 radical (unpaired) electrons. The van der Waals surface area contributed by atoms with Gasteiger partial charge in [0, 0.05) is 17.0 Å². The summed E-state index contributed by atoms with van der Waals surface area (Å²) in [6, 6.07) is 21.2. The first-order valence-electron chi connectivity index (χ1n) is 10.3. The highest BCUT2D eigenvalue weighted by Gasteiger charge is 2.33. The first-order chi connectivity index (χ1) is 16.0. The van der Waals surface area contributed by atoms with E-state index in [0.717, 1.165) is 11.1 Å². The molecule has 168 valence electrons. The molecule has 4 rings (SSSR count). The quantitative estimate of drug-likeness (QED) is 0.531. The van der Waals surface area contributed by atoms with Gasteiger partial charge < -0.3 is 10.1 Å². The fraction of sp³-hybridized carbons (Fsp3) is 0.160. The van der Waals surface area contributed by atoms with E-state index in [1.165, 1.54) is 5.01 Å². The number of hydrogen-bond acceptors (Lipinski definition) is 4. The maximum atomic E-state index is 13.1. The van der Waals surface area contributed by atoms with Gasteiger partial charge in [0.15, 0.2) is 0 Å². The average molecular weight is 482 g/mol. The maximum absolute atomic E-state index is 13.1. The fourth-order valence-corrected chi connectivity index (χ4v) is 4.13. The lowest BCUT2D eigenvalue weighted by Crippen LogP contribution is -2.38. The van der Waals surface area contributed by atoms with Crippen molar-refractivity contribution in [3.8, 4) is 5.75 Å². The molecule has 33 heavy (non-hydrogen) atoms. The number of nitrogens with zero attached hydrogens (tertiary/aromatic N) is 2. The van der Waals surface area contributed by atoms with Crippen LogP contribution < -0.4 is 10.1 Å². The summed E-state index contributed by atoms with van der Waals surface area (Å²) >= 11 is 12.5. The highest BCUT2D eigenvalue weighted by molar-refractivity contribution is 6.34. The number of methoxy groups -OCH3 is 1. The Bertz CT molecular complexity index is 1210. The van der Waals surface area contributed by atoms with Crippen LogP contribution >= 0.6 is 23.2 Å². The van der Waals surface area contributed by atoms with Gasteiger partial charge in [-0.3, -0.25) is 9.59 Å². The molecule has 3 aromatic carbocycles. The van der Waals surface area contributed by atoms with Crippen LogP contribution in [0.2, 0.25) is 10.0 Å². The minimum atomic E-state index is -0.426. The summed E-state index contributed by atoms with van der Waals surface area (Å²) < 4.78 is 5.24. The highest BCUT2D eigenvalue weighted by atomic mass is 35.5. The largest absolute Gasteiger partial charge is 0.497 e. The maximum Gasteiger partial charge on any atom is 0.262 e. The van der Waals surface area contributed by atoms with Crippen LogP contribution in [-0.4, -0.2) is 36.2 Å². The lowest BCUT2D eigenvalue weighted by Gasteiger charge is -2.22. The molecule has 0 fully saturated rings. The van der Waals surface area contributed by atoms with Crippen molar-refractivity contribution >= 4 is 40.7 Å². The molecule has 0 bridgehead atoms. The number of carbonyl (C=O) groups is 2. The van der Waals surface area contributed by atoms with Crippen molar-refractivity contribution in [1.29, 1.82) is 0 Å². The van der Waals surface area contributed by atoms with Gasteiger partial charge in [-0.25, -0.2) is 5.01 Å². The van der Waals surface area contributed by atoms with Crippen LogP contribution in [-0.2, 0) is 4.79 Å². The van der Waals surface area contributed by atoms with Crippen LogP contribution in [0, 0.1) is 0 Å². The summed E-state index contributed by atoms with van der Waals surface area (Å²) in [5.41, 5.74) is 2.67. The van der Waals surface area contributed by atoms with E-state index in [2.05, 4.69) is 10.4 Å². The molecule has 1 N–H and O–H groups in total. The zero-order valence-corrected chi connectivity index (χ0v) is 19.3. The first kappa shape index (κ1) is 22.8. The lowest BCUT2D eigenvalue weighted by atomic mass is 9.98. The Hall–Kier alpha value is -3.35. The number of hydrazone groups is 1. The Labute approximate surface area is 201 Å². The second-order valence-electron chi connectivity index (χ2n) is 7.42. The van der Waals surface area contributed by atoms with Gasteiger partial charge in [0.05, 0.1) is 36.0 Å². The number of ether oxygens (including phenoxy) is 1. The second-order valence-corrected chi connectivity index (χ2v) is 8.23. The fourth-order valence-electron chi connectivity index (χ4n) is 3.66. The minimum Gasteiger partial charge on any atom is -0.497 e. The van der Waals surface area contributed by atoms with Crippen molar-refractivity contribution in [3.63, 3.8) is 0 Å². The first-order valence-corrected chi connectivity index (χ1v) is 11.0. The Kier molecular flexibility index (Phi) is 6.96. The molecular weight excluding hydrogens is 461 g/mol. The van der Waals surface area contributed by atoms with Crippen molar-refractivity contribution in [2.24, 2.45) is 5.10 Å². The number of nitrogens with one attached hydrogen (secondary N) is 1. The van der Waals surface area contributed by atoms with Gasteiger partial charge in [-0.2, -0.15) is 5.10 Å². The standard InChI is InChI=1S/C25H21Cl2N3O3/c1-33-17-12-10-16(11-13-17)23-14-22(18-6-2-4-8-20(18)26)29-30(23)24(31)15-28-25(32)19-7-3-5-9-21(19)27/h2-13,23H,14-15H2,1H3,(H,28,32)/t23-/m1/s1. The Morgan fingerprint density at radius 3 is 2.33 bits per heavy atom. The van der Waals surface area contributed by atoms with E-state index in [-0.39, 0.29) is 18.5 Å². The van der Waals surface area contributed by atoms with Gasteiger partial charge >= 0.3 is 0 Å². The van der Waals surface area contributed by atoms with Gasteiger partial charge in [-0.05, 0) is 35.9 Å². The van der Waals surface area contributed by atoms with Crippen molar-refractivity contribution in [2.75, 3.05) is 13.7 Å². The molecular formula is C25H21Cl2N3O3. The molecule has 0 saturated carbocycles. The summed E-state index contributed by atoms with van der Waals surface area (Å²) in [4.78, 5) is 25.7. The smallest absolute Gasteiger partial charge is 0.262 e. The van der Waals surface area contributed by atoms with Gasteiger partial charge in [-0.1, -0.05) is 65.7 Å². The van der Waals surface area contributed by atoms with Crippen LogP contribution in [0.3, 0.4) is 0 Å². The van der Waals surface area contributed by atoms with E-state index >= 15 is 0 Å². The van der Waals surface area contributed by atoms with E-state index in [1.54, 1.807) is 37.4 Å². The predicted molar refractivity (Wildman–Crippen MR) is 129 cm³/mol. The second kappa shape index (κ2) is 10.1. The third-order valence-corrected chi connectivity index (χ3v) is 6.03.